The van der Waals surface area contributed by atoms with Crippen LogP contribution in [-0.2, 0) is 4.79 Å². The van der Waals surface area contributed by atoms with Crippen molar-refractivity contribution in [2.24, 2.45) is 5.92 Å². The maximum atomic E-state index is 12.0. The summed E-state index contributed by atoms with van der Waals surface area (Å²) in [6, 6.07) is 9.26. The molecule has 1 fully saturated rings. The second-order valence-corrected chi connectivity index (χ2v) is 5.31. The number of rotatable bonds is 4. The van der Waals surface area contributed by atoms with Gasteiger partial charge in [-0.25, -0.2) is 0 Å². The van der Waals surface area contributed by atoms with Gasteiger partial charge in [0.1, 0.15) is 0 Å². The van der Waals surface area contributed by atoms with Gasteiger partial charge in [-0.15, -0.1) is 0 Å². The number of aliphatic hydroxyl groups is 1. The first kappa shape index (κ1) is 14.0. The van der Waals surface area contributed by atoms with Gasteiger partial charge in [-0.1, -0.05) is 37.3 Å². The molecule has 0 spiro atoms. The van der Waals surface area contributed by atoms with Gasteiger partial charge in [-0.2, -0.15) is 0 Å². The van der Waals surface area contributed by atoms with E-state index in [-0.39, 0.29) is 18.5 Å². The first-order valence-electron chi connectivity index (χ1n) is 6.91. The van der Waals surface area contributed by atoms with Gasteiger partial charge in [0.25, 0.3) is 0 Å². The highest BCUT2D eigenvalue weighted by Gasteiger charge is 2.24. The molecule has 1 saturated heterocycles. The van der Waals surface area contributed by atoms with Gasteiger partial charge in [0.05, 0.1) is 12.1 Å². The van der Waals surface area contributed by atoms with Crippen LogP contribution in [0.5, 0.6) is 0 Å². The molecular formula is C15H22N2O2. The van der Waals surface area contributed by atoms with Crippen molar-refractivity contribution >= 4 is 5.91 Å². The van der Waals surface area contributed by atoms with E-state index >= 15 is 0 Å². The summed E-state index contributed by atoms with van der Waals surface area (Å²) in [6.45, 7) is 3.32. The van der Waals surface area contributed by atoms with E-state index in [1.54, 1.807) is 0 Å². The Hall–Kier alpha value is -1.39. The predicted molar refractivity (Wildman–Crippen MR) is 74.6 cm³/mol. The first-order valence-corrected chi connectivity index (χ1v) is 6.91. The Morgan fingerprint density at radius 1 is 1.47 bits per heavy atom. The van der Waals surface area contributed by atoms with Gasteiger partial charge >= 0.3 is 0 Å². The smallest absolute Gasteiger partial charge is 0.237 e. The van der Waals surface area contributed by atoms with Crippen LogP contribution >= 0.6 is 0 Å². The number of amides is 1. The number of hydrogen-bond donors (Lipinski definition) is 3. The van der Waals surface area contributed by atoms with E-state index in [0.29, 0.717) is 5.92 Å². The molecule has 1 aromatic rings. The van der Waals surface area contributed by atoms with Crippen LogP contribution in [0.4, 0.5) is 0 Å². The second kappa shape index (κ2) is 6.68. The van der Waals surface area contributed by atoms with Crippen molar-refractivity contribution in [2.45, 2.75) is 31.9 Å². The molecule has 1 amide bonds. The van der Waals surface area contributed by atoms with Crippen molar-refractivity contribution in [3.8, 4) is 0 Å². The molecule has 4 nitrogen and oxygen atoms in total. The fourth-order valence-electron chi connectivity index (χ4n) is 2.42. The van der Waals surface area contributed by atoms with Gasteiger partial charge in [-0.3, -0.25) is 4.79 Å². The fourth-order valence-corrected chi connectivity index (χ4v) is 2.42. The van der Waals surface area contributed by atoms with Crippen LogP contribution < -0.4 is 10.6 Å². The van der Waals surface area contributed by atoms with Crippen LogP contribution in [0.2, 0.25) is 0 Å². The van der Waals surface area contributed by atoms with Gasteiger partial charge in [0.2, 0.25) is 5.91 Å². The van der Waals surface area contributed by atoms with Crippen molar-refractivity contribution in [2.75, 3.05) is 13.1 Å². The summed E-state index contributed by atoms with van der Waals surface area (Å²) >= 11 is 0. The minimum absolute atomic E-state index is 0.0125. The molecule has 104 valence electrons. The topological polar surface area (TPSA) is 61.4 Å². The molecule has 1 aliphatic heterocycles. The maximum Gasteiger partial charge on any atom is 0.237 e. The fraction of sp³-hybridized carbons (Fsp3) is 0.533. The van der Waals surface area contributed by atoms with Crippen molar-refractivity contribution in [1.82, 2.24) is 10.6 Å². The van der Waals surface area contributed by atoms with Crippen molar-refractivity contribution in [3.63, 3.8) is 0 Å². The Bertz CT molecular complexity index is 408. The minimum atomic E-state index is -0.647. The maximum absolute atomic E-state index is 12.0. The largest absolute Gasteiger partial charge is 0.387 e. The number of benzene rings is 1. The van der Waals surface area contributed by atoms with Crippen molar-refractivity contribution < 1.29 is 9.90 Å². The normalized spacial score (nSPS) is 24.7. The van der Waals surface area contributed by atoms with E-state index < -0.39 is 6.10 Å². The van der Waals surface area contributed by atoms with Gasteiger partial charge in [0, 0.05) is 6.54 Å². The zero-order valence-electron chi connectivity index (χ0n) is 11.3. The van der Waals surface area contributed by atoms with Crippen molar-refractivity contribution in [1.29, 1.82) is 0 Å². The lowest BCUT2D eigenvalue weighted by molar-refractivity contribution is -0.124. The summed E-state index contributed by atoms with van der Waals surface area (Å²) in [7, 11) is 0. The molecule has 3 N–H and O–H groups in total. The predicted octanol–water partition coefficient (Wildman–Crippen LogP) is 1.22. The third kappa shape index (κ3) is 4.04. The summed E-state index contributed by atoms with van der Waals surface area (Å²) in [6.07, 6.45) is 1.34. The van der Waals surface area contributed by atoms with Crippen molar-refractivity contribution in [3.05, 3.63) is 35.9 Å². The monoisotopic (exact) mass is 262 g/mol. The Morgan fingerprint density at radius 3 is 2.89 bits per heavy atom. The lowest BCUT2D eigenvalue weighted by Gasteiger charge is -2.27. The molecule has 0 aliphatic carbocycles. The van der Waals surface area contributed by atoms with E-state index in [9.17, 15) is 9.90 Å². The summed E-state index contributed by atoms with van der Waals surface area (Å²) in [5.41, 5.74) is 0.827. The number of hydrogen-bond acceptors (Lipinski definition) is 3. The molecule has 3 unspecified atom stereocenters. The second-order valence-electron chi connectivity index (χ2n) is 5.31. The van der Waals surface area contributed by atoms with E-state index in [0.717, 1.165) is 24.9 Å². The summed E-state index contributed by atoms with van der Waals surface area (Å²) in [5, 5.41) is 16.0. The number of aliphatic hydroxyl groups excluding tert-OH is 1. The molecule has 1 aromatic carbocycles. The average Bonchev–Trinajstić information content (AvgIpc) is 2.45. The molecule has 19 heavy (non-hydrogen) atoms. The highest BCUT2D eigenvalue weighted by molar-refractivity contribution is 5.81. The van der Waals surface area contributed by atoms with Crippen LogP contribution in [0.25, 0.3) is 0 Å². The molecular weight excluding hydrogens is 240 g/mol. The standard InChI is InChI=1S/C15H22N2O2/c1-11-7-8-16-13(9-11)15(19)17-10-14(18)12-5-3-2-4-6-12/h2-6,11,13-14,16,18H,7-10H2,1H3,(H,17,19). The first-order chi connectivity index (χ1) is 9.16. The lowest BCUT2D eigenvalue weighted by atomic mass is 9.94. The molecule has 0 bridgehead atoms. The third-order valence-electron chi connectivity index (χ3n) is 3.64. The van der Waals surface area contributed by atoms with Crippen LogP contribution in [0, 0.1) is 5.92 Å². The van der Waals surface area contributed by atoms with E-state index in [4.69, 9.17) is 0 Å². The average molecular weight is 262 g/mol. The molecule has 1 aliphatic rings. The minimum Gasteiger partial charge on any atom is -0.387 e. The quantitative estimate of drug-likeness (QED) is 0.764. The Kier molecular flexibility index (Phi) is 4.93. The number of carbonyl (C=O) groups excluding carboxylic acids is 1. The Labute approximate surface area is 114 Å². The lowest BCUT2D eigenvalue weighted by Crippen LogP contribution is -2.49. The van der Waals surface area contributed by atoms with Crippen LogP contribution in [0.15, 0.2) is 30.3 Å². The summed E-state index contributed by atoms with van der Waals surface area (Å²) < 4.78 is 0. The number of nitrogens with one attached hydrogen (secondary N) is 2. The Balaban J connectivity index is 1.80. The van der Waals surface area contributed by atoms with Crippen LogP contribution in [-0.4, -0.2) is 30.1 Å². The summed E-state index contributed by atoms with van der Waals surface area (Å²) in [4.78, 5) is 12.0. The molecule has 2 rings (SSSR count). The van der Waals surface area contributed by atoms with Gasteiger partial charge < -0.3 is 15.7 Å². The highest BCUT2D eigenvalue weighted by Crippen LogP contribution is 2.15. The zero-order valence-corrected chi connectivity index (χ0v) is 11.3. The van der Waals surface area contributed by atoms with E-state index in [1.165, 1.54) is 0 Å². The summed E-state index contributed by atoms with van der Waals surface area (Å²) in [5.74, 6) is 0.567. The van der Waals surface area contributed by atoms with Crippen LogP contribution in [0.3, 0.4) is 0 Å². The third-order valence-corrected chi connectivity index (χ3v) is 3.64. The number of carbonyl (C=O) groups is 1. The highest BCUT2D eigenvalue weighted by atomic mass is 16.3. The molecule has 0 aromatic heterocycles. The molecule has 1 heterocycles. The molecule has 3 atom stereocenters. The van der Waals surface area contributed by atoms with Crippen LogP contribution in [0.1, 0.15) is 31.4 Å². The van der Waals surface area contributed by atoms with E-state index in [1.807, 2.05) is 30.3 Å². The Morgan fingerprint density at radius 2 is 2.21 bits per heavy atom. The van der Waals surface area contributed by atoms with E-state index in [2.05, 4.69) is 17.6 Å². The molecule has 4 heteroatoms. The zero-order chi connectivity index (χ0) is 13.7. The molecule has 0 saturated carbocycles. The van der Waals surface area contributed by atoms with Gasteiger partial charge in [0.15, 0.2) is 0 Å². The van der Waals surface area contributed by atoms with Gasteiger partial charge in [-0.05, 0) is 30.9 Å². The SMILES string of the molecule is CC1CCNC(C(=O)NCC(O)c2ccccc2)C1. The number of piperidine rings is 1. The molecule has 0 radical (unpaired) electrons.